The van der Waals surface area contributed by atoms with Gasteiger partial charge in [0.15, 0.2) is 0 Å². The largest absolute Gasteiger partial charge is 0.347 e. The van der Waals surface area contributed by atoms with Gasteiger partial charge >= 0.3 is 0 Å². The first kappa shape index (κ1) is 17.4. The molecule has 1 aromatic carbocycles. The van der Waals surface area contributed by atoms with Crippen LogP contribution in [0.3, 0.4) is 0 Å². The fourth-order valence-corrected chi connectivity index (χ4v) is 2.20. The van der Waals surface area contributed by atoms with Gasteiger partial charge in [0.25, 0.3) is 5.91 Å². The molecule has 1 heterocycles. The average molecular weight is 336 g/mol. The zero-order valence-corrected chi connectivity index (χ0v) is 14.6. The van der Waals surface area contributed by atoms with Crippen LogP contribution in [-0.4, -0.2) is 32.8 Å². The Morgan fingerprint density at radius 1 is 1.39 bits per heavy atom. The van der Waals surface area contributed by atoms with Crippen molar-refractivity contribution in [2.45, 2.75) is 39.2 Å². The number of para-hydroxylation sites is 1. The molecule has 0 spiro atoms. The summed E-state index contributed by atoms with van der Waals surface area (Å²) in [6.07, 6.45) is 0. The molecule has 2 aromatic rings. The van der Waals surface area contributed by atoms with E-state index in [-0.39, 0.29) is 17.6 Å². The first-order valence-corrected chi connectivity index (χ1v) is 7.86. The number of carbonyl (C=O) groups is 1. The van der Waals surface area contributed by atoms with E-state index >= 15 is 0 Å². The highest BCUT2D eigenvalue weighted by molar-refractivity contribution is 6.32. The molecule has 0 atom stereocenters. The van der Waals surface area contributed by atoms with Crippen LogP contribution >= 0.6 is 11.6 Å². The second kappa shape index (κ2) is 6.68. The molecular weight excluding hydrogens is 314 g/mol. The van der Waals surface area contributed by atoms with E-state index in [0.29, 0.717) is 23.1 Å². The van der Waals surface area contributed by atoms with Gasteiger partial charge in [-0.15, -0.1) is 5.10 Å². The van der Waals surface area contributed by atoms with Crippen molar-refractivity contribution in [3.8, 4) is 5.69 Å². The number of halogens is 1. The SMILES string of the molecule is CC(C)c1nc(C(=O)NCC(C)(C)N)nn1-c1ccccc1Cl. The molecule has 0 radical (unpaired) electrons. The van der Waals surface area contributed by atoms with E-state index in [4.69, 9.17) is 17.3 Å². The fourth-order valence-electron chi connectivity index (χ4n) is 1.98. The topological polar surface area (TPSA) is 85.8 Å². The van der Waals surface area contributed by atoms with Crippen LogP contribution in [0.2, 0.25) is 5.02 Å². The minimum atomic E-state index is -0.498. The summed E-state index contributed by atoms with van der Waals surface area (Å²) in [6.45, 7) is 7.98. The van der Waals surface area contributed by atoms with Crippen molar-refractivity contribution in [2.24, 2.45) is 5.73 Å². The second-order valence-electron chi connectivity index (χ2n) is 6.48. The molecule has 0 aliphatic carbocycles. The summed E-state index contributed by atoms with van der Waals surface area (Å²) >= 11 is 6.24. The van der Waals surface area contributed by atoms with E-state index in [1.54, 1.807) is 10.7 Å². The number of nitrogens with one attached hydrogen (secondary N) is 1. The van der Waals surface area contributed by atoms with Gasteiger partial charge in [-0.3, -0.25) is 4.79 Å². The van der Waals surface area contributed by atoms with Gasteiger partial charge in [0.05, 0.1) is 10.7 Å². The molecule has 23 heavy (non-hydrogen) atoms. The number of hydrogen-bond acceptors (Lipinski definition) is 4. The van der Waals surface area contributed by atoms with E-state index in [0.717, 1.165) is 0 Å². The third-order valence-electron chi connectivity index (χ3n) is 3.14. The number of carbonyl (C=O) groups excluding carboxylic acids is 1. The molecule has 0 saturated carbocycles. The average Bonchev–Trinajstić information content (AvgIpc) is 2.89. The number of nitrogens with two attached hydrogens (primary N) is 1. The summed E-state index contributed by atoms with van der Waals surface area (Å²) in [5.41, 5.74) is 6.08. The summed E-state index contributed by atoms with van der Waals surface area (Å²) in [4.78, 5) is 16.6. The summed E-state index contributed by atoms with van der Waals surface area (Å²) in [7, 11) is 0. The Labute approximate surface area is 141 Å². The van der Waals surface area contributed by atoms with Crippen molar-refractivity contribution in [2.75, 3.05) is 6.54 Å². The molecule has 3 N–H and O–H groups in total. The quantitative estimate of drug-likeness (QED) is 0.879. The Bertz CT molecular complexity index is 703. The molecule has 124 valence electrons. The van der Waals surface area contributed by atoms with Crippen molar-refractivity contribution in [1.82, 2.24) is 20.1 Å². The van der Waals surface area contributed by atoms with Crippen LogP contribution in [0.1, 0.15) is 50.1 Å². The molecule has 0 aliphatic rings. The standard InChI is InChI=1S/C16H22ClN5O/c1-10(2)14-20-13(15(23)19-9-16(3,4)18)21-22(14)12-8-6-5-7-11(12)17/h5-8,10H,9,18H2,1-4H3,(H,19,23). The van der Waals surface area contributed by atoms with Gasteiger partial charge in [0.2, 0.25) is 5.82 Å². The molecule has 7 heteroatoms. The molecule has 0 bridgehead atoms. The first-order chi connectivity index (χ1) is 10.7. The smallest absolute Gasteiger partial charge is 0.291 e. The normalized spacial score (nSPS) is 11.8. The maximum absolute atomic E-state index is 12.3. The molecule has 0 unspecified atom stereocenters. The number of amides is 1. The van der Waals surface area contributed by atoms with Gasteiger partial charge in [-0.2, -0.15) is 0 Å². The Kier molecular flexibility index (Phi) is 5.06. The maximum atomic E-state index is 12.3. The van der Waals surface area contributed by atoms with Crippen LogP contribution in [0.25, 0.3) is 5.69 Å². The van der Waals surface area contributed by atoms with Crippen LogP contribution < -0.4 is 11.1 Å². The van der Waals surface area contributed by atoms with Crippen molar-refractivity contribution >= 4 is 17.5 Å². The summed E-state index contributed by atoms with van der Waals surface area (Å²) in [5.74, 6) is 0.524. The summed E-state index contributed by atoms with van der Waals surface area (Å²) in [6, 6.07) is 7.32. The van der Waals surface area contributed by atoms with Crippen LogP contribution in [0.15, 0.2) is 24.3 Å². The lowest BCUT2D eigenvalue weighted by Gasteiger charge is -2.18. The van der Waals surface area contributed by atoms with Crippen LogP contribution in [0.5, 0.6) is 0 Å². The molecule has 0 aliphatic heterocycles. The number of nitrogens with zero attached hydrogens (tertiary/aromatic N) is 3. The van der Waals surface area contributed by atoms with Gasteiger partial charge in [0.1, 0.15) is 5.82 Å². The van der Waals surface area contributed by atoms with E-state index in [1.807, 2.05) is 45.9 Å². The molecular formula is C16H22ClN5O. The van der Waals surface area contributed by atoms with Crippen molar-refractivity contribution in [1.29, 1.82) is 0 Å². The van der Waals surface area contributed by atoms with Crippen LogP contribution in [-0.2, 0) is 0 Å². The molecule has 6 nitrogen and oxygen atoms in total. The van der Waals surface area contributed by atoms with Crippen LogP contribution in [0.4, 0.5) is 0 Å². The number of hydrogen-bond donors (Lipinski definition) is 2. The van der Waals surface area contributed by atoms with Crippen molar-refractivity contribution in [3.63, 3.8) is 0 Å². The van der Waals surface area contributed by atoms with E-state index in [9.17, 15) is 4.79 Å². The Morgan fingerprint density at radius 3 is 2.61 bits per heavy atom. The molecule has 0 saturated heterocycles. The Morgan fingerprint density at radius 2 is 2.04 bits per heavy atom. The van der Waals surface area contributed by atoms with Gasteiger partial charge in [-0.05, 0) is 26.0 Å². The lowest BCUT2D eigenvalue weighted by Crippen LogP contribution is -2.45. The summed E-state index contributed by atoms with van der Waals surface area (Å²) < 4.78 is 1.62. The lowest BCUT2D eigenvalue weighted by molar-refractivity contribution is 0.0935. The highest BCUT2D eigenvalue weighted by Crippen LogP contribution is 2.23. The van der Waals surface area contributed by atoms with Crippen molar-refractivity contribution in [3.05, 3.63) is 40.9 Å². The van der Waals surface area contributed by atoms with Gasteiger partial charge < -0.3 is 11.1 Å². The molecule has 1 aromatic heterocycles. The fraction of sp³-hybridized carbons (Fsp3) is 0.438. The Hall–Kier alpha value is -1.92. The number of aromatic nitrogens is 3. The van der Waals surface area contributed by atoms with Gasteiger partial charge in [-0.25, -0.2) is 9.67 Å². The third kappa shape index (κ3) is 4.30. The summed E-state index contributed by atoms with van der Waals surface area (Å²) in [5, 5.41) is 7.63. The van der Waals surface area contributed by atoms with Crippen molar-refractivity contribution < 1.29 is 4.79 Å². The van der Waals surface area contributed by atoms with E-state index in [2.05, 4.69) is 15.4 Å². The predicted molar refractivity (Wildman–Crippen MR) is 91.1 cm³/mol. The highest BCUT2D eigenvalue weighted by atomic mass is 35.5. The number of rotatable bonds is 5. The number of benzene rings is 1. The van der Waals surface area contributed by atoms with Crippen LogP contribution in [0, 0.1) is 0 Å². The molecule has 2 rings (SSSR count). The second-order valence-corrected chi connectivity index (χ2v) is 6.89. The lowest BCUT2D eigenvalue weighted by atomic mass is 10.1. The van der Waals surface area contributed by atoms with E-state index < -0.39 is 5.54 Å². The third-order valence-corrected chi connectivity index (χ3v) is 3.46. The predicted octanol–water partition coefficient (Wildman–Crippen LogP) is 2.51. The minimum Gasteiger partial charge on any atom is -0.347 e. The van der Waals surface area contributed by atoms with Gasteiger partial charge in [0, 0.05) is 18.0 Å². The minimum absolute atomic E-state index is 0.0891. The maximum Gasteiger partial charge on any atom is 0.291 e. The van der Waals surface area contributed by atoms with E-state index in [1.165, 1.54) is 0 Å². The monoisotopic (exact) mass is 335 g/mol. The Balaban J connectivity index is 2.36. The zero-order valence-electron chi connectivity index (χ0n) is 13.8. The van der Waals surface area contributed by atoms with Gasteiger partial charge in [-0.1, -0.05) is 37.6 Å². The highest BCUT2D eigenvalue weighted by Gasteiger charge is 2.21. The molecule has 1 amide bonds. The zero-order chi connectivity index (χ0) is 17.2. The first-order valence-electron chi connectivity index (χ1n) is 7.48. The molecule has 0 fully saturated rings.